The number of benzene rings is 2. The monoisotopic (exact) mass is 334 g/mol. The zero-order valence-corrected chi connectivity index (χ0v) is 12.8. The van der Waals surface area contributed by atoms with E-state index in [-0.39, 0.29) is 6.61 Å². The molecule has 0 N–H and O–H groups in total. The van der Waals surface area contributed by atoms with Gasteiger partial charge in [-0.25, -0.2) is 13.2 Å². The summed E-state index contributed by atoms with van der Waals surface area (Å²) in [5.74, 6) is -0.788. The van der Waals surface area contributed by atoms with E-state index in [1.165, 1.54) is 0 Å². The van der Waals surface area contributed by atoms with Crippen LogP contribution in [-0.4, -0.2) is 20.5 Å². The van der Waals surface area contributed by atoms with Crippen molar-refractivity contribution in [3.8, 4) is 0 Å². The summed E-state index contributed by atoms with van der Waals surface area (Å²) in [7, 11) is -4.22. The average Bonchev–Trinajstić information content (AvgIpc) is 2.90. The highest BCUT2D eigenvalue weighted by Gasteiger charge is 2.46. The van der Waals surface area contributed by atoms with Gasteiger partial charge in [-0.3, -0.25) is 0 Å². The highest BCUT2D eigenvalue weighted by atomic mass is 32.3. The lowest BCUT2D eigenvalue weighted by atomic mass is 10.0. The van der Waals surface area contributed by atoms with Crippen LogP contribution in [-0.2, 0) is 34.9 Å². The molecular weight excluding hydrogens is 320 g/mol. The van der Waals surface area contributed by atoms with Gasteiger partial charge in [0, 0.05) is 0 Å². The second-order valence-corrected chi connectivity index (χ2v) is 6.15. The van der Waals surface area contributed by atoms with Gasteiger partial charge in [0.15, 0.2) is 0 Å². The van der Waals surface area contributed by atoms with Crippen LogP contribution in [0.1, 0.15) is 17.2 Å². The molecule has 120 valence electrons. The maximum absolute atomic E-state index is 12.2. The molecule has 0 unspecified atom stereocenters. The van der Waals surface area contributed by atoms with Gasteiger partial charge in [0.25, 0.3) is 0 Å². The van der Waals surface area contributed by atoms with E-state index in [2.05, 4.69) is 0 Å². The highest BCUT2D eigenvalue weighted by molar-refractivity contribution is 7.82. The Kier molecular flexibility index (Phi) is 4.42. The molecule has 23 heavy (non-hydrogen) atoms. The van der Waals surface area contributed by atoms with E-state index in [1.807, 2.05) is 18.2 Å². The van der Waals surface area contributed by atoms with Crippen LogP contribution in [0.5, 0.6) is 0 Å². The first-order chi connectivity index (χ1) is 11.1. The topological polar surface area (TPSA) is 78.9 Å². The third-order valence-corrected chi connectivity index (χ3v) is 4.19. The fourth-order valence-corrected chi connectivity index (χ4v) is 3.17. The van der Waals surface area contributed by atoms with Gasteiger partial charge in [0.2, 0.25) is 6.10 Å². The molecule has 0 radical (unpaired) electrons. The zero-order chi connectivity index (χ0) is 16.3. The Morgan fingerprint density at radius 3 is 2.22 bits per heavy atom. The smallest absolute Gasteiger partial charge is 0.401 e. The van der Waals surface area contributed by atoms with Crippen molar-refractivity contribution in [1.29, 1.82) is 0 Å². The summed E-state index contributed by atoms with van der Waals surface area (Å²) in [4.78, 5) is 12.2. The van der Waals surface area contributed by atoms with E-state index in [0.29, 0.717) is 5.56 Å². The first-order valence-corrected chi connectivity index (χ1v) is 8.25. The molecule has 1 saturated heterocycles. The van der Waals surface area contributed by atoms with Crippen LogP contribution < -0.4 is 0 Å². The number of carbonyl (C=O) groups excluding carboxylic acids is 1. The van der Waals surface area contributed by atoms with Crippen molar-refractivity contribution in [2.75, 3.05) is 0 Å². The van der Waals surface area contributed by atoms with E-state index < -0.39 is 28.6 Å². The molecule has 1 aliphatic rings. The Hall–Kier alpha value is -2.22. The third-order valence-electron chi connectivity index (χ3n) is 3.30. The van der Waals surface area contributed by atoms with Gasteiger partial charge in [-0.15, -0.1) is 0 Å². The zero-order valence-electron chi connectivity index (χ0n) is 12.0. The molecule has 0 aliphatic carbocycles. The largest absolute Gasteiger partial charge is 0.459 e. The number of hydrogen-bond donors (Lipinski definition) is 0. The van der Waals surface area contributed by atoms with Gasteiger partial charge >= 0.3 is 16.4 Å². The minimum atomic E-state index is -4.22. The van der Waals surface area contributed by atoms with Gasteiger partial charge in [0.05, 0.1) is 0 Å². The van der Waals surface area contributed by atoms with Gasteiger partial charge < -0.3 is 4.74 Å². The van der Waals surface area contributed by atoms with Crippen molar-refractivity contribution in [2.45, 2.75) is 18.8 Å². The number of rotatable bonds is 4. The maximum atomic E-state index is 12.2. The van der Waals surface area contributed by atoms with Crippen LogP contribution >= 0.6 is 0 Å². The lowest BCUT2D eigenvalue weighted by Gasteiger charge is -2.14. The van der Waals surface area contributed by atoms with Crippen molar-refractivity contribution in [2.24, 2.45) is 0 Å². The molecule has 0 amide bonds. The lowest BCUT2D eigenvalue weighted by molar-refractivity contribution is -0.154. The van der Waals surface area contributed by atoms with E-state index in [4.69, 9.17) is 13.1 Å². The van der Waals surface area contributed by atoms with E-state index in [1.54, 1.807) is 42.5 Å². The fourth-order valence-electron chi connectivity index (χ4n) is 2.22. The van der Waals surface area contributed by atoms with Crippen molar-refractivity contribution in [3.63, 3.8) is 0 Å². The van der Waals surface area contributed by atoms with E-state index in [0.717, 1.165) is 5.56 Å². The second-order valence-electron chi connectivity index (χ2n) is 4.95. The molecule has 0 spiro atoms. The molecule has 1 heterocycles. The molecule has 0 aromatic heterocycles. The third kappa shape index (κ3) is 3.76. The van der Waals surface area contributed by atoms with Crippen molar-refractivity contribution in [1.82, 2.24) is 0 Å². The Bertz CT molecular complexity index is 773. The summed E-state index contributed by atoms with van der Waals surface area (Å²) in [6.07, 6.45) is -2.41. The lowest BCUT2D eigenvalue weighted by Crippen LogP contribution is -2.28. The van der Waals surface area contributed by atoms with Crippen LogP contribution in [0.15, 0.2) is 60.7 Å². The van der Waals surface area contributed by atoms with Crippen LogP contribution in [0.4, 0.5) is 0 Å². The summed E-state index contributed by atoms with van der Waals surface area (Å²) in [6, 6.07) is 17.6. The second kappa shape index (κ2) is 6.49. The number of carbonyl (C=O) groups is 1. The van der Waals surface area contributed by atoms with Crippen molar-refractivity contribution < 1.29 is 26.3 Å². The SMILES string of the molecule is O=C(OCc1ccccc1)[C@@H]1OS(=O)(=O)O[C@H]1c1ccccc1. The minimum Gasteiger partial charge on any atom is -0.459 e. The minimum absolute atomic E-state index is 0.0289. The molecule has 2 aromatic carbocycles. The van der Waals surface area contributed by atoms with Gasteiger partial charge in [-0.05, 0) is 11.1 Å². The molecule has 0 bridgehead atoms. The average molecular weight is 334 g/mol. The summed E-state index contributed by atoms with van der Waals surface area (Å²) < 4.78 is 37.9. The Morgan fingerprint density at radius 1 is 0.957 bits per heavy atom. The fraction of sp³-hybridized carbons (Fsp3) is 0.188. The highest BCUT2D eigenvalue weighted by Crippen LogP contribution is 2.34. The normalized spacial score (nSPS) is 22.6. The molecule has 6 nitrogen and oxygen atoms in total. The van der Waals surface area contributed by atoms with E-state index >= 15 is 0 Å². The summed E-state index contributed by atoms with van der Waals surface area (Å²) >= 11 is 0. The number of hydrogen-bond acceptors (Lipinski definition) is 6. The summed E-state index contributed by atoms with van der Waals surface area (Å²) in [6.45, 7) is 0.0289. The van der Waals surface area contributed by atoms with Crippen LogP contribution in [0.25, 0.3) is 0 Å². The first kappa shape index (κ1) is 15.7. The molecule has 7 heteroatoms. The van der Waals surface area contributed by atoms with Crippen LogP contribution in [0, 0.1) is 0 Å². The number of esters is 1. The Labute approximate surface area is 133 Å². The molecule has 1 fully saturated rings. The predicted molar refractivity (Wildman–Crippen MR) is 80.3 cm³/mol. The van der Waals surface area contributed by atoms with E-state index in [9.17, 15) is 13.2 Å². The molecule has 1 aliphatic heterocycles. The molecule has 2 atom stereocenters. The maximum Gasteiger partial charge on any atom is 0.401 e. The van der Waals surface area contributed by atoms with Crippen LogP contribution in [0.2, 0.25) is 0 Å². The molecule has 3 rings (SSSR count). The summed E-state index contributed by atoms with van der Waals surface area (Å²) in [5, 5.41) is 0. The predicted octanol–water partition coefficient (Wildman–Crippen LogP) is 2.13. The standard InChI is InChI=1S/C16H14O6S/c17-16(20-11-12-7-3-1-4-8-12)15-14(21-23(18,19)22-15)13-9-5-2-6-10-13/h1-10,14-15H,11H2/t14-,15+/m0/s1. The van der Waals surface area contributed by atoms with Crippen molar-refractivity contribution >= 4 is 16.4 Å². The summed E-state index contributed by atoms with van der Waals surface area (Å²) in [5.41, 5.74) is 1.31. The van der Waals surface area contributed by atoms with Gasteiger partial charge in [-0.1, -0.05) is 60.7 Å². The number of ether oxygens (including phenoxy) is 1. The Morgan fingerprint density at radius 2 is 1.57 bits per heavy atom. The molecule has 2 aromatic rings. The molecule has 0 saturated carbocycles. The quantitative estimate of drug-likeness (QED) is 0.797. The van der Waals surface area contributed by atoms with Crippen LogP contribution in [0.3, 0.4) is 0 Å². The first-order valence-electron chi connectivity index (χ1n) is 6.92. The van der Waals surface area contributed by atoms with Gasteiger partial charge in [0.1, 0.15) is 12.7 Å². The van der Waals surface area contributed by atoms with Crippen molar-refractivity contribution in [3.05, 3.63) is 71.8 Å². The molecular formula is C16H14O6S. The van der Waals surface area contributed by atoms with Gasteiger partial charge in [-0.2, -0.15) is 8.42 Å². The Balaban J connectivity index is 1.75.